The van der Waals surface area contributed by atoms with Crippen molar-refractivity contribution in [3.8, 4) is 0 Å². The molecule has 2 aromatic rings. The summed E-state index contributed by atoms with van der Waals surface area (Å²) in [5.41, 5.74) is 5.35. The fourth-order valence-electron chi connectivity index (χ4n) is 2.13. The molecule has 0 fully saturated rings. The van der Waals surface area contributed by atoms with Gasteiger partial charge in [0.2, 0.25) is 0 Å². The molecule has 0 heterocycles. The van der Waals surface area contributed by atoms with Gasteiger partial charge in [-0.3, -0.25) is 0 Å². The molecule has 107 valence electrons. The van der Waals surface area contributed by atoms with E-state index >= 15 is 0 Å². The predicted octanol–water partition coefficient (Wildman–Crippen LogP) is 5.58. The molecular formula is C20H22Y-2. The molecule has 21 heavy (non-hydrogen) atoms. The Morgan fingerprint density at radius 1 is 0.810 bits per heavy atom. The average Bonchev–Trinajstić information content (AvgIpc) is 2.41. The van der Waals surface area contributed by atoms with Crippen LogP contribution in [0.1, 0.15) is 43.0 Å². The van der Waals surface area contributed by atoms with Crippen molar-refractivity contribution in [3.63, 3.8) is 0 Å². The van der Waals surface area contributed by atoms with E-state index in [0.29, 0.717) is 0 Å². The molecule has 0 spiro atoms. The molecule has 1 radical (unpaired) electrons. The summed E-state index contributed by atoms with van der Waals surface area (Å²) in [5, 5.41) is 0. The van der Waals surface area contributed by atoms with Crippen molar-refractivity contribution in [2.24, 2.45) is 0 Å². The minimum atomic E-state index is 0. The number of benzene rings is 2. The second-order valence-corrected chi connectivity index (χ2v) is 5.57. The molecule has 3 rings (SSSR count). The Balaban J connectivity index is 0.000000397. The second kappa shape index (κ2) is 9.23. The first-order valence-electron chi connectivity index (χ1n) is 7.12. The van der Waals surface area contributed by atoms with Crippen LogP contribution < -0.4 is 0 Å². The third-order valence-corrected chi connectivity index (χ3v) is 3.04. The molecule has 1 aliphatic rings. The maximum absolute atomic E-state index is 2.30. The normalized spacial score (nSPS) is 13.1. The van der Waals surface area contributed by atoms with E-state index in [1.807, 2.05) is 0 Å². The first-order valence-corrected chi connectivity index (χ1v) is 7.12. The zero-order valence-electron chi connectivity index (χ0n) is 13.1. The van der Waals surface area contributed by atoms with Crippen LogP contribution in [0.2, 0.25) is 0 Å². The molecule has 0 aromatic heterocycles. The van der Waals surface area contributed by atoms with Crippen LogP contribution >= 0.6 is 0 Å². The molecule has 1 aliphatic carbocycles. The second-order valence-electron chi connectivity index (χ2n) is 5.57. The van der Waals surface area contributed by atoms with Crippen molar-refractivity contribution in [1.29, 1.82) is 0 Å². The molecule has 0 atom stereocenters. The molecule has 0 saturated carbocycles. The summed E-state index contributed by atoms with van der Waals surface area (Å²) in [4.78, 5) is 0. The first kappa shape index (κ1) is 18.2. The molecule has 0 bridgehead atoms. The Kier molecular flexibility index (Phi) is 8.00. The molecule has 2 aromatic carbocycles. The van der Waals surface area contributed by atoms with Gasteiger partial charge in [-0.25, -0.2) is 0 Å². The van der Waals surface area contributed by atoms with E-state index in [2.05, 4.69) is 87.9 Å². The van der Waals surface area contributed by atoms with Crippen LogP contribution in [-0.2, 0) is 39.1 Å². The van der Waals surface area contributed by atoms with E-state index in [0.717, 1.165) is 6.42 Å². The summed E-state index contributed by atoms with van der Waals surface area (Å²) in [5.74, 6) is 1.42. The van der Waals surface area contributed by atoms with E-state index < -0.39 is 0 Å². The Morgan fingerprint density at radius 2 is 1.33 bits per heavy atom. The summed E-state index contributed by atoms with van der Waals surface area (Å²) < 4.78 is 0. The van der Waals surface area contributed by atoms with E-state index in [1.54, 1.807) is 0 Å². The average molecular weight is 351 g/mol. The number of hydrogen-bond donors (Lipinski definition) is 0. The van der Waals surface area contributed by atoms with Crippen molar-refractivity contribution < 1.29 is 32.7 Å². The van der Waals surface area contributed by atoms with Crippen molar-refractivity contribution in [2.45, 2.75) is 27.2 Å². The smallest absolute Gasteiger partial charge is 0 e. The van der Waals surface area contributed by atoms with Gasteiger partial charge < -0.3 is 5.92 Å². The molecule has 0 N–H and O–H groups in total. The van der Waals surface area contributed by atoms with E-state index in [1.165, 1.54) is 28.2 Å². The Bertz CT molecular complexity index is 530. The zero-order valence-corrected chi connectivity index (χ0v) is 16.0. The summed E-state index contributed by atoms with van der Waals surface area (Å²) in [6, 6.07) is 17.1. The maximum Gasteiger partial charge on any atom is 0 e. The SMILES string of the molecule is C1=C\c2ccccc2C[CH-]c2ccccc2/1.C[C-](C)C.[Y]. The summed E-state index contributed by atoms with van der Waals surface area (Å²) >= 11 is 0. The topological polar surface area (TPSA) is 0 Å². The Labute approximate surface area is 154 Å². The summed E-state index contributed by atoms with van der Waals surface area (Å²) in [6.45, 7) is 6.25. The van der Waals surface area contributed by atoms with Crippen LogP contribution in [0.4, 0.5) is 0 Å². The van der Waals surface area contributed by atoms with Crippen LogP contribution in [0.5, 0.6) is 0 Å². The molecule has 0 amide bonds. The largest absolute Gasteiger partial charge is 0.323 e. The van der Waals surface area contributed by atoms with Gasteiger partial charge in [-0.15, -0.1) is 23.8 Å². The van der Waals surface area contributed by atoms with Crippen LogP contribution in [0.25, 0.3) is 12.2 Å². The van der Waals surface area contributed by atoms with Crippen LogP contribution in [0.3, 0.4) is 0 Å². The maximum atomic E-state index is 2.30. The van der Waals surface area contributed by atoms with E-state index in [9.17, 15) is 0 Å². The van der Waals surface area contributed by atoms with Gasteiger partial charge in [0, 0.05) is 32.7 Å². The molecule has 1 heteroatoms. The minimum absolute atomic E-state index is 0. The molecule has 0 saturated heterocycles. The molecule has 0 nitrogen and oxygen atoms in total. The Hall–Kier alpha value is -0.846. The zero-order chi connectivity index (χ0) is 14.4. The molecular weight excluding hydrogens is 329 g/mol. The summed E-state index contributed by atoms with van der Waals surface area (Å²) in [7, 11) is 0. The molecule has 0 aliphatic heterocycles. The van der Waals surface area contributed by atoms with Gasteiger partial charge in [0.05, 0.1) is 0 Å². The van der Waals surface area contributed by atoms with Crippen molar-refractivity contribution >= 4 is 12.2 Å². The van der Waals surface area contributed by atoms with Crippen LogP contribution in [0, 0.1) is 12.3 Å². The fourth-order valence-corrected chi connectivity index (χ4v) is 2.13. The van der Waals surface area contributed by atoms with Crippen molar-refractivity contribution in [2.75, 3.05) is 0 Å². The van der Waals surface area contributed by atoms with Gasteiger partial charge in [0.15, 0.2) is 0 Å². The Morgan fingerprint density at radius 3 is 2.05 bits per heavy atom. The van der Waals surface area contributed by atoms with Gasteiger partial charge in [0.25, 0.3) is 0 Å². The van der Waals surface area contributed by atoms with Crippen LogP contribution in [-0.4, -0.2) is 0 Å². The van der Waals surface area contributed by atoms with Gasteiger partial charge in [-0.1, -0.05) is 42.8 Å². The van der Waals surface area contributed by atoms with Crippen LogP contribution in [0.15, 0.2) is 48.5 Å². The number of hydrogen-bond acceptors (Lipinski definition) is 0. The standard InChI is InChI=1S/C16H13.C4H9.Y/c1-2-6-14-11-12-16-8-4-3-7-15(16)10-9-13(14)5-1;1-4(2)3;/h1-11H,12H2;1-3H3;/q2*-1;/b10-9-;;. The quantitative estimate of drug-likeness (QED) is 0.543. The van der Waals surface area contributed by atoms with Gasteiger partial charge in [-0.05, 0) is 11.1 Å². The fraction of sp³-hybridized carbons (Fsp3) is 0.200. The van der Waals surface area contributed by atoms with Gasteiger partial charge in [-0.2, -0.15) is 38.8 Å². The van der Waals surface area contributed by atoms with Crippen molar-refractivity contribution in [1.82, 2.24) is 0 Å². The van der Waals surface area contributed by atoms with E-state index in [4.69, 9.17) is 0 Å². The molecule has 0 unspecified atom stereocenters. The van der Waals surface area contributed by atoms with Gasteiger partial charge >= 0.3 is 0 Å². The monoisotopic (exact) mass is 351 g/mol. The minimum Gasteiger partial charge on any atom is -0.323 e. The van der Waals surface area contributed by atoms with Gasteiger partial charge in [0.1, 0.15) is 0 Å². The number of rotatable bonds is 0. The van der Waals surface area contributed by atoms with Crippen molar-refractivity contribution in [3.05, 3.63) is 83.1 Å². The summed E-state index contributed by atoms with van der Waals surface area (Å²) in [6.07, 6.45) is 7.72. The predicted molar refractivity (Wildman–Crippen MR) is 89.2 cm³/mol. The first-order chi connectivity index (χ1) is 9.66. The van der Waals surface area contributed by atoms with E-state index in [-0.39, 0.29) is 32.7 Å². The number of fused-ring (bicyclic) bond motifs is 2. The third-order valence-electron chi connectivity index (χ3n) is 3.04. The third kappa shape index (κ3) is 5.81.